The van der Waals surface area contributed by atoms with Gasteiger partial charge in [0.05, 0.1) is 12.1 Å². The van der Waals surface area contributed by atoms with E-state index in [1.54, 1.807) is 42.5 Å². The van der Waals surface area contributed by atoms with Crippen molar-refractivity contribution in [2.75, 3.05) is 23.4 Å². The van der Waals surface area contributed by atoms with Gasteiger partial charge in [0.25, 0.3) is 5.91 Å². The van der Waals surface area contributed by atoms with Gasteiger partial charge in [-0.3, -0.25) is 19.3 Å². The zero-order chi connectivity index (χ0) is 18.7. The molecule has 0 saturated carbocycles. The molecular weight excluding hydrogens is 402 g/mol. The molecule has 3 N–H and O–H groups in total. The molecule has 0 radical (unpaired) electrons. The molecule has 0 fully saturated rings. The van der Waals surface area contributed by atoms with Crippen molar-refractivity contribution in [2.45, 2.75) is 6.42 Å². The second kappa shape index (κ2) is 7.57. The number of para-hydroxylation sites is 1. The Morgan fingerprint density at radius 3 is 2.77 bits per heavy atom. The lowest BCUT2D eigenvalue weighted by molar-refractivity contribution is -0.123. The number of anilines is 2. The largest absolute Gasteiger partial charge is 0.482 e. The van der Waals surface area contributed by atoms with E-state index < -0.39 is 5.91 Å². The first-order valence-electron chi connectivity index (χ1n) is 7.83. The van der Waals surface area contributed by atoms with Crippen molar-refractivity contribution in [1.82, 2.24) is 0 Å². The Bertz CT molecular complexity index is 884. The Hall–Kier alpha value is -2.87. The third kappa shape index (κ3) is 4.02. The maximum atomic E-state index is 12.5. The van der Waals surface area contributed by atoms with E-state index in [0.717, 1.165) is 4.47 Å². The van der Waals surface area contributed by atoms with Crippen molar-refractivity contribution in [3.05, 3.63) is 52.5 Å². The molecule has 2 aromatic carbocycles. The summed E-state index contributed by atoms with van der Waals surface area (Å²) in [5.41, 5.74) is 6.88. The maximum Gasteiger partial charge on any atom is 0.265 e. The average Bonchev–Trinajstić information content (AvgIpc) is 2.59. The minimum Gasteiger partial charge on any atom is -0.482 e. The van der Waals surface area contributed by atoms with Crippen molar-refractivity contribution in [3.63, 3.8) is 0 Å². The SMILES string of the molecule is NC(=O)Cc1ccccc1NC(=O)CN1C(=O)COc2cc(Br)ccc21. The van der Waals surface area contributed by atoms with Crippen LogP contribution in [0.2, 0.25) is 0 Å². The number of fused-ring (bicyclic) bond motifs is 1. The van der Waals surface area contributed by atoms with Gasteiger partial charge in [-0.1, -0.05) is 34.1 Å². The van der Waals surface area contributed by atoms with Crippen molar-refractivity contribution < 1.29 is 19.1 Å². The van der Waals surface area contributed by atoms with Gasteiger partial charge >= 0.3 is 0 Å². The lowest BCUT2D eigenvalue weighted by Crippen LogP contribution is -2.43. The fraction of sp³-hybridized carbons (Fsp3) is 0.167. The van der Waals surface area contributed by atoms with E-state index in [1.807, 2.05) is 0 Å². The van der Waals surface area contributed by atoms with Gasteiger partial charge in [-0.25, -0.2) is 0 Å². The third-order valence-corrected chi connectivity index (χ3v) is 4.32. The number of carbonyl (C=O) groups excluding carboxylic acids is 3. The number of hydrogen-bond acceptors (Lipinski definition) is 4. The smallest absolute Gasteiger partial charge is 0.265 e. The van der Waals surface area contributed by atoms with Gasteiger partial charge in [-0.05, 0) is 29.8 Å². The normalized spacial score (nSPS) is 13.0. The van der Waals surface area contributed by atoms with E-state index >= 15 is 0 Å². The number of rotatable bonds is 5. The topological polar surface area (TPSA) is 102 Å². The van der Waals surface area contributed by atoms with Crippen LogP contribution in [0.3, 0.4) is 0 Å². The van der Waals surface area contributed by atoms with Crippen LogP contribution in [0.4, 0.5) is 11.4 Å². The molecule has 1 aliphatic heterocycles. The van der Waals surface area contributed by atoms with Crippen LogP contribution in [0.15, 0.2) is 46.9 Å². The number of hydrogen-bond donors (Lipinski definition) is 2. The fourth-order valence-electron chi connectivity index (χ4n) is 2.67. The van der Waals surface area contributed by atoms with Crippen molar-refractivity contribution >= 4 is 45.0 Å². The number of nitrogens with one attached hydrogen (secondary N) is 1. The predicted molar refractivity (Wildman–Crippen MR) is 100.0 cm³/mol. The van der Waals surface area contributed by atoms with Crippen molar-refractivity contribution in [1.29, 1.82) is 0 Å². The van der Waals surface area contributed by atoms with Gasteiger partial charge in [0.15, 0.2) is 6.61 Å². The molecule has 0 spiro atoms. The quantitative estimate of drug-likeness (QED) is 0.774. The van der Waals surface area contributed by atoms with Crippen LogP contribution in [0.1, 0.15) is 5.56 Å². The van der Waals surface area contributed by atoms with Gasteiger partial charge in [0.1, 0.15) is 12.3 Å². The van der Waals surface area contributed by atoms with Crippen LogP contribution >= 0.6 is 15.9 Å². The number of benzene rings is 2. The van der Waals surface area contributed by atoms with E-state index in [1.165, 1.54) is 4.90 Å². The molecule has 8 heteroatoms. The lowest BCUT2D eigenvalue weighted by Gasteiger charge is -2.29. The molecule has 0 aromatic heterocycles. The summed E-state index contributed by atoms with van der Waals surface area (Å²) in [7, 11) is 0. The Morgan fingerprint density at radius 2 is 2.00 bits per heavy atom. The number of nitrogens with zero attached hydrogens (tertiary/aromatic N) is 1. The van der Waals surface area contributed by atoms with E-state index in [0.29, 0.717) is 22.7 Å². The number of carbonyl (C=O) groups is 3. The van der Waals surface area contributed by atoms with Gasteiger partial charge in [-0.2, -0.15) is 0 Å². The zero-order valence-electron chi connectivity index (χ0n) is 13.7. The Labute approximate surface area is 158 Å². The molecule has 7 nitrogen and oxygen atoms in total. The minimum atomic E-state index is -0.491. The Kier molecular flexibility index (Phi) is 5.22. The predicted octanol–water partition coefficient (Wildman–Crippen LogP) is 1.84. The third-order valence-electron chi connectivity index (χ3n) is 3.82. The molecule has 3 rings (SSSR count). The molecule has 3 amide bonds. The first kappa shape index (κ1) is 17.9. The van der Waals surface area contributed by atoms with Gasteiger partial charge in [0, 0.05) is 10.2 Å². The Balaban J connectivity index is 1.77. The molecule has 0 atom stereocenters. The number of ether oxygens (including phenoxy) is 1. The van der Waals surface area contributed by atoms with Gasteiger partial charge in [-0.15, -0.1) is 0 Å². The van der Waals surface area contributed by atoms with Crippen LogP contribution in [0.5, 0.6) is 5.75 Å². The summed E-state index contributed by atoms with van der Waals surface area (Å²) in [5, 5.41) is 2.74. The summed E-state index contributed by atoms with van der Waals surface area (Å²) in [6, 6.07) is 12.1. The molecule has 2 aromatic rings. The average molecular weight is 418 g/mol. The second-order valence-electron chi connectivity index (χ2n) is 5.73. The molecule has 1 aliphatic rings. The van der Waals surface area contributed by atoms with Crippen LogP contribution in [-0.4, -0.2) is 30.9 Å². The van der Waals surface area contributed by atoms with Crippen LogP contribution < -0.4 is 20.7 Å². The Morgan fingerprint density at radius 1 is 1.23 bits per heavy atom. The maximum absolute atomic E-state index is 12.5. The summed E-state index contributed by atoms with van der Waals surface area (Å²) in [5.74, 6) is -0.651. The molecule has 0 saturated heterocycles. The van der Waals surface area contributed by atoms with Crippen LogP contribution in [0.25, 0.3) is 0 Å². The first-order chi connectivity index (χ1) is 12.4. The van der Waals surface area contributed by atoms with E-state index in [9.17, 15) is 14.4 Å². The van der Waals surface area contributed by atoms with E-state index in [-0.39, 0.29) is 31.4 Å². The highest BCUT2D eigenvalue weighted by molar-refractivity contribution is 9.10. The molecular formula is C18H16BrN3O4. The van der Waals surface area contributed by atoms with Crippen molar-refractivity contribution in [2.24, 2.45) is 5.73 Å². The molecule has 26 heavy (non-hydrogen) atoms. The van der Waals surface area contributed by atoms with E-state index in [4.69, 9.17) is 10.5 Å². The number of nitrogens with two attached hydrogens (primary N) is 1. The monoisotopic (exact) mass is 417 g/mol. The minimum absolute atomic E-state index is 0.0177. The molecule has 1 heterocycles. The standard InChI is InChI=1S/C18H16BrN3O4/c19-12-5-6-14-15(8-12)26-10-18(25)22(14)9-17(24)21-13-4-2-1-3-11(13)7-16(20)23/h1-6,8H,7,9-10H2,(H2,20,23)(H,21,24). The van der Waals surface area contributed by atoms with Crippen molar-refractivity contribution in [3.8, 4) is 5.75 Å². The molecule has 0 aliphatic carbocycles. The highest BCUT2D eigenvalue weighted by atomic mass is 79.9. The number of primary amides is 1. The van der Waals surface area contributed by atoms with Gasteiger partial charge < -0.3 is 15.8 Å². The first-order valence-corrected chi connectivity index (χ1v) is 8.62. The number of amides is 3. The summed E-state index contributed by atoms with van der Waals surface area (Å²) in [6.45, 7) is -0.295. The highest BCUT2D eigenvalue weighted by Gasteiger charge is 2.27. The summed E-state index contributed by atoms with van der Waals surface area (Å²) in [4.78, 5) is 37.2. The number of halogens is 1. The van der Waals surface area contributed by atoms with Crippen LogP contribution in [0, 0.1) is 0 Å². The second-order valence-corrected chi connectivity index (χ2v) is 6.64. The van der Waals surface area contributed by atoms with E-state index in [2.05, 4.69) is 21.2 Å². The summed E-state index contributed by atoms with van der Waals surface area (Å²) < 4.78 is 6.22. The van der Waals surface area contributed by atoms with Crippen LogP contribution in [-0.2, 0) is 20.8 Å². The highest BCUT2D eigenvalue weighted by Crippen LogP contribution is 2.34. The zero-order valence-corrected chi connectivity index (χ0v) is 15.3. The van der Waals surface area contributed by atoms with Gasteiger partial charge in [0.2, 0.25) is 11.8 Å². The summed E-state index contributed by atoms with van der Waals surface area (Å²) >= 11 is 3.35. The summed E-state index contributed by atoms with van der Waals surface area (Å²) in [6.07, 6.45) is 0.0177. The fourth-order valence-corrected chi connectivity index (χ4v) is 3.01. The molecule has 0 bridgehead atoms. The molecule has 0 unspecified atom stereocenters. The molecule has 134 valence electrons. The lowest BCUT2D eigenvalue weighted by atomic mass is 10.1.